The van der Waals surface area contributed by atoms with Crippen LogP contribution >= 0.6 is 0 Å². The van der Waals surface area contributed by atoms with Gasteiger partial charge in [0.2, 0.25) is 0 Å². The summed E-state index contributed by atoms with van der Waals surface area (Å²) in [4.78, 5) is 21.6. The summed E-state index contributed by atoms with van der Waals surface area (Å²) in [5, 5.41) is 0.583. The number of hydrogen-bond acceptors (Lipinski definition) is 10. The minimum atomic E-state index is -4.14. The Labute approximate surface area is 238 Å². The van der Waals surface area contributed by atoms with E-state index in [-0.39, 0.29) is 39.1 Å². The summed E-state index contributed by atoms with van der Waals surface area (Å²) < 4.78 is 54.7. The summed E-state index contributed by atoms with van der Waals surface area (Å²) in [6.07, 6.45) is -0.0657. The van der Waals surface area contributed by atoms with Gasteiger partial charge in [0.15, 0.2) is 39.6 Å². The van der Waals surface area contributed by atoms with Crippen molar-refractivity contribution in [3.05, 3.63) is 34.1 Å². The van der Waals surface area contributed by atoms with Crippen LogP contribution in [0.5, 0.6) is 0 Å². The summed E-state index contributed by atoms with van der Waals surface area (Å²) in [5.74, 6) is 0. The molecule has 1 saturated heterocycles. The van der Waals surface area contributed by atoms with Crippen LogP contribution in [0, 0.1) is 0 Å². The second kappa shape index (κ2) is 9.57. The largest absolute Gasteiger partial charge is 0.414 e. The van der Waals surface area contributed by atoms with Crippen molar-refractivity contribution in [1.29, 1.82) is 0 Å². The predicted molar refractivity (Wildman–Crippen MR) is 157 cm³/mol. The van der Waals surface area contributed by atoms with E-state index in [0.29, 0.717) is 0 Å². The summed E-state index contributed by atoms with van der Waals surface area (Å²) in [6.45, 7) is 20.9. The maximum absolute atomic E-state index is 12.9. The molecule has 0 bridgehead atoms. The lowest BCUT2D eigenvalue weighted by molar-refractivity contribution is -0.0535. The summed E-state index contributed by atoms with van der Waals surface area (Å²) in [6, 6.07) is 0. The lowest BCUT2D eigenvalue weighted by atomic mass is 9.89. The molecule has 40 heavy (non-hydrogen) atoms. The molecule has 4 rings (SSSR count). The molecule has 0 radical (unpaired) electrons. The Hall–Kier alpha value is -1.89. The number of fused-ring (bicyclic) bond motifs is 1. The number of aromatic nitrogens is 4. The van der Waals surface area contributed by atoms with Crippen molar-refractivity contribution < 1.29 is 26.2 Å². The lowest BCUT2D eigenvalue weighted by Crippen LogP contribution is -2.59. The van der Waals surface area contributed by atoms with Gasteiger partial charge in [0.05, 0.1) is 30.4 Å². The number of imidazole rings is 1. The van der Waals surface area contributed by atoms with Gasteiger partial charge in [-0.05, 0) is 36.3 Å². The molecule has 1 fully saturated rings. The molecule has 0 saturated carbocycles. The molecule has 1 spiro atoms. The van der Waals surface area contributed by atoms with Gasteiger partial charge in [0.1, 0.15) is 12.2 Å². The molecule has 2 aliphatic rings. The van der Waals surface area contributed by atoms with Gasteiger partial charge >= 0.3 is 0 Å². The number of rotatable bonds is 6. The molecule has 2 N–H and O–H groups in total. The SMILES string of the molecule is Cn1cnc2c(ncn2[C@@H]2O[C@H](CO[Si](C)(C)C(C)(C)C)C3(OS(=O)(=O)C=C3N)[C@H]2O[Si](C)(C)C(C)(C)C)c1=O. The van der Waals surface area contributed by atoms with Gasteiger partial charge in [0, 0.05) is 7.05 Å². The smallest absolute Gasteiger partial charge is 0.292 e. The Morgan fingerprint density at radius 2 is 1.65 bits per heavy atom. The average molecular weight is 614 g/mol. The van der Waals surface area contributed by atoms with Crippen LogP contribution in [0.4, 0.5) is 0 Å². The van der Waals surface area contributed by atoms with E-state index in [1.165, 1.54) is 17.2 Å². The standard InChI is InChI=1S/C25H43N5O7SSi2/c1-23(2,3)39(8,9)34-12-17-25(16(26)13-38(32,33)37-25)19(36-40(10,11)24(4,5)6)22(35-17)30-15-27-18-20(30)28-14-29(7)21(18)31/h13-15,17,19,22H,12,26H2,1-11H3/t17-,19+,22-,25?/m1/s1. The molecule has 1 unspecified atom stereocenters. The maximum atomic E-state index is 12.9. The molecule has 2 aromatic rings. The molecule has 2 aliphatic heterocycles. The molecule has 0 amide bonds. The van der Waals surface area contributed by atoms with Crippen LogP contribution in [0.1, 0.15) is 47.8 Å². The third-order valence-corrected chi connectivity index (χ3v) is 19.0. The molecule has 0 aliphatic carbocycles. The molecule has 2 aromatic heterocycles. The van der Waals surface area contributed by atoms with Crippen LogP contribution in [0.25, 0.3) is 11.2 Å². The Morgan fingerprint density at radius 1 is 1.05 bits per heavy atom. The van der Waals surface area contributed by atoms with E-state index >= 15 is 0 Å². The molecular weight excluding hydrogens is 571 g/mol. The van der Waals surface area contributed by atoms with E-state index in [0.717, 1.165) is 5.41 Å². The summed E-state index contributed by atoms with van der Waals surface area (Å²) >= 11 is 0. The third-order valence-electron chi connectivity index (χ3n) is 8.99. The number of nitrogens with two attached hydrogens (primary N) is 1. The molecule has 4 heterocycles. The van der Waals surface area contributed by atoms with E-state index in [1.54, 1.807) is 11.6 Å². The number of nitrogens with zero attached hydrogens (tertiary/aromatic N) is 4. The van der Waals surface area contributed by atoms with E-state index < -0.39 is 50.8 Å². The zero-order valence-corrected chi connectivity index (χ0v) is 28.1. The van der Waals surface area contributed by atoms with Crippen molar-refractivity contribution in [2.24, 2.45) is 12.8 Å². The monoisotopic (exact) mass is 613 g/mol. The van der Waals surface area contributed by atoms with Crippen molar-refractivity contribution in [3.8, 4) is 0 Å². The van der Waals surface area contributed by atoms with E-state index in [1.807, 2.05) is 0 Å². The minimum Gasteiger partial charge on any atom is -0.414 e. The highest BCUT2D eigenvalue weighted by Crippen LogP contribution is 2.52. The first-order valence-electron chi connectivity index (χ1n) is 13.3. The number of aryl methyl sites for hydroxylation is 1. The second-order valence-corrected chi connectivity index (χ2v) is 24.8. The predicted octanol–water partition coefficient (Wildman–Crippen LogP) is 3.34. The first-order chi connectivity index (χ1) is 18.0. The van der Waals surface area contributed by atoms with Crippen LogP contribution in [-0.4, -0.2) is 68.6 Å². The topological polar surface area (TPSA) is 150 Å². The van der Waals surface area contributed by atoms with Gasteiger partial charge in [-0.3, -0.25) is 9.36 Å². The first kappa shape index (κ1) is 31.1. The van der Waals surface area contributed by atoms with Crippen molar-refractivity contribution in [1.82, 2.24) is 19.1 Å². The molecule has 4 atom stereocenters. The summed E-state index contributed by atoms with van der Waals surface area (Å²) in [7, 11) is -7.44. The zero-order valence-electron chi connectivity index (χ0n) is 25.3. The fourth-order valence-electron chi connectivity index (χ4n) is 4.39. The van der Waals surface area contributed by atoms with Crippen LogP contribution in [0.15, 0.2) is 28.6 Å². The molecule has 15 heteroatoms. The van der Waals surface area contributed by atoms with Crippen molar-refractivity contribution in [3.63, 3.8) is 0 Å². The van der Waals surface area contributed by atoms with Gasteiger partial charge in [0.25, 0.3) is 15.7 Å². The highest BCUT2D eigenvalue weighted by molar-refractivity contribution is 7.90. The van der Waals surface area contributed by atoms with Crippen molar-refractivity contribution in [2.75, 3.05) is 6.61 Å². The fourth-order valence-corrected chi connectivity index (χ4v) is 7.90. The Bertz CT molecular complexity index is 1500. The minimum absolute atomic E-state index is 0.0177. The highest BCUT2D eigenvalue weighted by atomic mass is 32.2. The molecular formula is C25H43N5O7SSi2. The van der Waals surface area contributed by atoms with Gasteiger partial charge < -0.3 is 23.9 Å². The van der Waals surface area contributed by atoms with Gasteiger partial charge in [-0.15, -0.1) is 0 Å². The van der Waals surface area contributed by atoms with Crippen LogP contribution < -0.4 is 11.3 Å². The Balaban J connectivity index is 1.91. The average Bonchev–Trinajstić information content (AvgIpc) is 3.40. The first-order valence-corrected chi connectivity index (χ1v) is 20.6. The molecule has 224 valence electrons. The third kappa shape index (κ3) is 5.03. The van der Waals surface area contributed by atoms with E-state index in [9.17, 15) is 13.2 Å². The molecule has 12 nitrogen and oxygen atoms in total. The number of ether oxygens (including phenoxy) is 1. The van der Waals surface area contributed by atoms with Crippen molar-refractivity contribution >= 4 is 37.9 Å². The molecule has 0 aromatic carbocycles. The lowest BCUT2D eigenvalue weighted by Gasteiger charge is -2.43. The van der Waals surface area contributed by atoms with Gasteiger partial charge in [-0.2, -0.15) is 8.42 Å². The maximum Gasteiger partial charge on any atom is 0.292 e. The van der Waals surface area contributed by atoms with Crippen LogP contribution in [-0.2, 0) is 34.9 Å². The van der Waals surface area contributed by atoms with Crippen LogP contribution in [0.2, 0.25) is 36.3 Å². The van der Waals surface area contributed by atoms with E-state index in [2.05, 4.69) is 77.7 Å². The zero-order chi connectivity index (χ0) is 30.3. The fraction of sp³-hybridized carbons (Fsp3) is 0.720. The van der Waals surface area contributed by atoms with Gasteiger partial charge in [-0.25, -0.2) is 14.2 Å². The quantitative estimate of drug-likeness (QED) is 0.380. The normalized spacial score (nSPS) is 27.6. The Morgan fingerprint density at radius 3 is 2.17 bits per heavy atom. The summed E-state index contributed by atoms with van der Waals surface area (Å²) in [5.41, 5.74) is 4.92. The highest BCUT2D eigenvalue weighted by Gasteiger charge is 2.67. The van der Waals surface area contributed by atoms with Gasteiger partial charge in [-0.1, -0.05) is 41.5 Å². The number of hydrogen-bond donors (Lipinski definition) is 1. The van der Waals surface area contributed by atoms with E-state index in [4.69, 9.17) is 23.5 Å². The van der Waals surface area contributed by atoms with Crippen LogP contribution in [0.3, 0.4) is 0 Å². The Kier molecular flexibility index (Phi) is 7.43. The van der Waals surface area contributed by atoms with Crippen molar-refractivity contribution in [2.45, 2.75) is 102 Å². The second-order valence-electron chi connectivity index (χ2n) is 13.8.